The first-order valence-corrected chi connectivity index (χ1v) is 9.28. The fraction of sp³-hybridized carbons (Fsp3) is 0.350. The van der Waals surface area contributed by atoms with Crippen molar-refractivity contribution >= 4 is 17.6 Å². The fourth-order valence-electron chi connectivity index (χ4n) is 2.57. The molecule has 1 heterocycles. The molecule has 0 aliphatic carbocycles. The third kappa shape index (κ3) is 5.45. The maximum atomic E-state index is 13.0. The molecule has 2 aromatic rings. The molecule has 0 N–H and O–H groups in total. The summed E-state index contributed by atoms with van der Waals surface area (Å²) in [6, 6.07) is 4.34. The Hall–Kier alpha value is -2.85. The number of hydrogen-bond acceptors (Lipinski definition) is 5. The van der Waals surface area contributed by atoms with E-state index in [2.05, 4.69) is 6.58 Å². The molecule has 0 saturated heterocycles. The monoisotopic (exact) mass is 460 g/mol. The van der Waals surface area contributed by atoms with Crippen LogP contribution in [0.2, 0.25) is 5.02 Å². The molecular formula is C20H20ClF3N2O5. The molecule has 2 rings (SSSR count). The molecule has 1 aromatic heterocycles. The lowest BCUT2D eigenvalue weighted by Gasteiger charge is -2.23. The van der Waals surface area contributed by atoms with Gasteiger partial charge in [0.15, 0.2) is 5.60 Å². The highest BCUT2D eigenvalue weighted by Crippen LogP contribution is 2.27. The predicted octanol–water partition coefficient (Wildman–Crippen LogP) is 3.23. The van der Waals surface area contributed by atoms with Crippen molar-refractivity contribution in [2.75, 3.05) is 6.61 Å². The summed E-state index contributed by atoms with van der Waals surface area (Å²) in [7, 11) is 0.915. The van der Waals surface area contributed by atoms with Crippen LogP contribution in [0.15, 0.2) is 46.5 Å². The van der Waals surface area contributed by atoms with E-state index >= 15 is 0 Å². The lowest BCUT2D eigenvalue weighted by Crippen LogP contribution is -2.40. The summed E-state index contributed by atoms with van der Waals surface area (Å²) >= 11 is 6.14. The molecule has 7 nitrogen and oxygen atoms in total. The lowest BCUT2D eigenvalue weighted by molar-refractivity contribution is -0.168. The predicted molar refractivity (Wildman–Crippen MR) is 107 cm³/mol. The highest BCUT2D eigenvalue weighted by molar-refractivity contribution is 6.31. The zero-order valence-corrected chi connectivity index (χ0v) is 17.7. The minimum Gasteiger partial charge on any atom is -0.459 e. The van der Waals surface area contributed by atoms with Gasteiger partial charge in [0.2, 0.25) is 0 Å². The van der Waals surface area contributed by atoms with Crippen LogP contribution in [0.25, 0.3) is 5.69 Å². The molecule has 168 valence electrons. The largest absolute Gasteiger partial charge is 0.459 e. The number of esters is 1. The number of ether oxygens (including phenoxy) is 2. The molecule has 0 aliphatic rings. The third-order valence-electron chi connectivity index (χ3n) is 4.31. The van der Waals surface area contributed by atoms with Crippen LogP contribution < -0.4 is 11.2 Å². The molecule has 0 unspecified atom stereocenters. The van der Waals surface area contributed by atoms with Gasteiger partial charge in [0.25, 0.3) is 5.56 Å². The van der Waals surface area contributed by atoms with Gasteiger partial charge in [-0.1, -0.05) is 24.3 Å². The van der Waals surface area contributed by atoms with Gasteiger partial charge in [-0.25, -0.2) is 14.2 Å². The highest BCUT2D eigenvalue weighted by Gasteiger charge is 2.35. The Morgan fingerprint density at radius 3 is 2.45 bits per heavy atom. The van der Waals surface area contributed by atoms with Crippen LogP contribution in [0.4, 0.5) is 13.2 Å². The van der Waals surface area contributed by atoms with Crippen LogP contribution in [-0.4, -0.2) is 27.3 Å². The van der Waals surface area contributed by atoms with Crippen LogP contribution in [0.1, 0.15) is 25.1 Å². The van der Waals surface area contributed by atoms with Gasteiger partial charge in [0, 0.05) is 18.1 Å². The minimum atomic E-state index is -4.86. The summed E-state index contributed by atoms with van der Waals surface area (Å²) in [5.74, 6) is -0.646. The van der Waals surface area contributed by atoms with Gasteiger partial charge in [0.05, 0.1) is 12.3 Å². The lowest BCUT2D eigenvalue weighted by atomic mass is 10.1. The van der Waals surface area contributed by atoms with Gasteiger partial charge < -0.3 is 9.47 Å². The van der Waals surface area contributed by atoms with E-state index in [1.807, 2.05) is 0 Å². The molecule has 0 spiro atoms. The molecular weight excluding hydrogens is 441 g/mol. The molecule has 11 heteroatoms. The Morgan fingerprint density at radius 1 is 1.23 bits per heavy atom. The number of aromatic nitrogens is 2. The topological polar surface area (TPSA) is 79.5 Å². The van der Waals surface area contributed by atoms with Crippen molar-refractivity contribution in [2.45, 2.75) is 32.2 Å². The van der Waals surface area contributed by atoms with Crippen LogP contribution >= 0.6 is 11.6 Å². The van der Waals surface area contributed by atoms with Crippen molar-refractivity contribution in [1.29, 1.82) is 0 Å². The second-order valence-electron chi connectivity index (χ2n) is 7.00. The zero-order valence-electron chi connectivity index (χ0n) is 17.0. The van der Waals surface area contributed by atoms with Gasteiger partial charge in [-0.15, -0.1) is 0 Å². The maximum Gasteiger partial charge on any atom is 0.431 e. The second kappa shape index (κ2) is 9.11. The normalized spacial score (nSPS) is 12.0. The highest BCUT2D eigenvalue weighted by atomic mass is 35.5. The quantitative estimate of drug-likeness (QED) is 0.468. The van der Waals surface area contributed by atoms with E-state index in [0.717, 1.165) is 7.05 Å². The van der Waals surface area contributed by atoms with Crippen LogP contribution in [-0.2, 0) is 34.1 Å². The first kappa shape index (κ1) is 24.4. The number of nitrogens with zero attached hydrogens (tertiary/aromatic N) is 2. The molecule has 0 atom stereocenters. The van der Waals surface area contributed by atoms with E-state index in [9.17, 15) is 27.6 Å². The van der Waals surface area contributed by atoms with Crippen molar-refractivity contribution in [2.24, 2.45) is 7.05 Å². The van der Waals surface area contributed by atoms with Crippen molar-refractivity contribution < 1.29 is 27.4 Å². The number of carbonyl (C=O) groups excluding carboxylic acids is 1. The molecule has 0 aliphatic heterocycles. The summed E-state index contributed by atoms with van der Waals surface area (Å²) in [5.41, 5.74) is -4.74. The molecule has 0 radical (unpaired) electrons. The average Bonchev–Trinajstić information content (AvgIpc) is 2.68. The number of alkyl halides is 3. The Balaban J connectivity index is 2.41. The van der Waals surface area contributed by atoms with E-state index in [1.165, 1.54) is 38.1 Å². The van der Waals surface area contributed by atoms with E-state index < -0.39 is 34.7 Å². The summed E-state index contributed by atoms with van der Waals surface area (Å²) in [6.07, 6.45) is -3.46. The first-order chi connectivity index (χ1) is 14.3. The maximum absolute atomic E-state index is 13.0. The molecule has 0 amide bonds. The van der Waals surface area contributed by atoms with Gasteiger partial charge in [-0.2, -0.15) is 13.2 Å². The van der Waals surface area contributed by atoms with Gasteiger partial charge in [0.1, 0.15) is 12.3 Å². The standard InChI is InChI=1S/C20H20ClF3N2O5/c1-5-8-30-17(28)19(2,3)31-11-12-9-13(6-7-14(12)21)26-16(27)10-15(20(22,23)24)25(4)18(26)29/h5-7,9-10H,1,8,11H2,2-4H3. The van der Waals surface area contributed by atoms with E-state index in [4.69, 9.17) is 21.1 Å². The van der Waals surface area contributed by atoms with E-state index in [0.29, 0.717) is 20.8 Å². The fourth-order valence-corrected chi connectivity index (χ4v) is 2.74. The molecule has 0 bridgehead atoms. The van der Waals surface area contributed by atoms with Gasteiger partial charge >= 0.3 is 17.8 Å². The summed E-state index contributed by atoms with van der Waals surface area (Å²) in [6.45, 7) is 6.21. The number of halogens is 4. The third-order valence-corrected chi connectivity index (χ3v) is 4.68. The number of carbonyl (C=O) groups is 1. The Bertz CT molecular complexity index is 1120. The molecule has 0 fully saturated rings. The molecule has 1 aromatic carbocycles. The summed E-state index contributed by atoms with van der Waals surface area (Å²) in [5, 5.41) is 0.204. The van der Waals surface area contributed by atoms with Gasteiger partial charge in [-0.3, -0.25) is 9.36 Å². The number of hydrogen-bond donors (Lipinski definition) is 0. The Labute approximate surface area is 180 Å². The average molecular weight is 461 g/mol. The number of rotatable bonds is 7. The van der Waals surface area contributed by atoms with E-state index in [1.54, 1.807) is 0 Å². The van der Waals surface area contributed by atoms with Gasteiger partial charge in [-0.05, 0) is 37.6 Å². The van der Waals surface area contributed by atoms with Crippen molar-refractivity contribution in [3.63, 3.8) is 0 Å². The smallest absolute Gasteiger partial charge is 0.431 e. The minimum absolute atomic E-state index is 0.00198. The summed E-state index contributed by atoms with van der Waals surface area (Å²) < 4.78 is 50.5. The Morgan fingerprint density at radius 2 is 1.87 bits per heavy atom. The van der Waals surface area contributed by atoms with Crippen molar-refractivity contribution in [3.8, 4) is 5.69 Å². The Kier molecular flexibility index (Phi) is 7.17. The summed E-state index contributed by atoms with van der Waals surface area (Å²) in [4.78, 5) is 36.8. The SMILES string of the molecule is C=CCOC(=O)C(C)(C)OCc1cc(-n2c(=O)cc(C(F)(F)F)n(C)c2=O)ccc1Cl. The van der Waals surface area contributed by atoms with Crippen LogP contribution in [0.3, 0.4) is 0 Å². The van der Waals surface area contributed by atoms with E-state index in [-0.39, 0.29) is 23.9 Å². The number of benzene rings is 1. The van der Waals surface area contributed by atoms with Crippen molar-refractivity contribution in [1.82, 2.24) is 9.13 Å². The van der Waals surface area contributed by atoms with Crippen molar-refractivity contribution in [3.05, 3.63) is 74.0 Å². The van der Waals surface area contributed by atoms with Crippen LogP contribution in [0, 0.1) is 0 Å². The molecule has 0 saturated carbocycles. The first-order valence-electron chi connectivity index (χ1n) is 8.90. The zero-order chi connectivity index (χ0) is 23.6. The molecule has 31 heavy (non-hydrogen) atoms. The van der Waals surface area contributed by atoms with Crippen LogP contribution in [0.5, 0.6) is 0 Å². The second-order valence-corrected chi connectivity index (χ2v) is 7.41.